The van der Waals surface area contributed by atoms with Crippen molar-refractivity contribution in [3.63, 3.8) is 0 Å². The summed E-state index contributed by atoms with van der Waals surface area (Å²) in [5.41, 5.74) is 15.9. The fourth-order valence-electron chi connectivity index (χ4n) is 7.39. The summed E-state index contributed by atoms with van der Waals surface area (Å²) in [5, 5.41) is 6.07. The van der Waals surface area contributed by atoms with E-state index in [4.69, 9.17) is 4.99 Å². The van der Waals surface area contributed by atoms with Crippen LogP contribution in [0.3, 0.4) is 0 Å². The molecule has 0 amide bonds. The van der Waals surface area contributed by atoms with E-state index in [-0.39, 0.29) is 6.17 Å². The number of nitrogens with one attached hydrogen (secondary N) is 1. The molecule has 0 bridgehead atoms. The van der Waals surface area contributed by atoms with Gasteiger partial charge in [0.05, 0.1) is 16.7 Å². The van der Waals surface area contributed by atoms with E-state index in [9.17, 15) is 0 Å². The van der Waals surface area contributed by atoms with E-state index < -0.39 is 0 Å². The van der Waals surface area contributed by atoms with E-state index >= 15 is 0 Å². The van der Waals surface area contributed by atoms with Gasteiger partial charge in [0.15, 0.2) is 0 Å². The first-order valence-electron chi connectivity index (χ1n) is 17.9. The van der Waals surface area contributed by atoms with E-state index in [1.807, 2.05) is 37.3 Å². The second-order valence-corrected chi connectivity index (χ2v) is 13.4. The number of aliphatic imine (C=N–C) groups is 1. The number of benzene rings is 6. The van der Waals surface area contributed by atoms with Crippen LogP contribution in [0.25, 0.3) is 49.7 Å². The molecule has 0 saturated carbocycles. The maximum atomic E-state index is 5.23. The van der Waals surface area contributed by atoms with Gasteiger partial charge in [0.25, 0.3) is 0 Å². The predicted octanol–water partition coefficient (Wildman–Crippen LogP) is 12.4. The Hall–Kier alpha value is -6.45. The number of para-hydroxylation sites is 1. The quantitative estimate of drug-likeness (QED) is 0.160. The number of nitrogens with zero attached hydrogens (tertiary/aromatic N) is 2. The molecule has 0 aliphatic carbocycles. The zero-order valence-corrected chi connectivity index (χ0v) is 29.8. The Morgan fingerprint density at radius 3 is 2.25 bits per heavy atom. The van der Waals surface area contributed by atoms with Crippen molar-refractivity contribution in [3.05, 3.63) is 210 Å². The molecule has 1 aromatic heterocycles. The van der Waals surface area contributed by atoms with Gasteiger partial charge in [0, 0.05) is 27.7 Å². The molecule has 1 unspecified atom stereocenters. The average molecular weight is 672 g/mol. The first kappa shape index (κ1) is 32.7. The molecule has 0 fully saturated rings. The van der Waals surface area contributed by atoms with Crippen molar-refractivity contribution in [2.24, 2.45) is 4.99 Å². The first-order valence-corrected chi connectivity index (χ1v) is 17.9. The van der Waals surface area contributed by atoms with Crippen LogP contribution >= 0.6 is 0 Å². The second kappa shape index (κ2) is 14.0. The van der Waals surface area contributed by atoms with Crippen LogP contribution in [0.5, 0.6) is 0 Å². The Balaban J connectivity index is 1.26. The van der Waals surface area contributed by atoms with Gasteiger partial charge < -0.3 is 9.88 Å². The highest BCUT2D eigenvalue weighted by Gasteiger charge is 2.21. The minimum Gasteiger partial charge on any atom is -0.360 e. The lowest BCUT2D eigenvalue weighted by Gasteiger charge is -2.25. The lowest BCUT2D eigenvalue weighted by Crippen LogP contribution is -2.26. The van der Waals surface area contributed by atoms with Gasteiger partial charge in [-0.15, -0.1) is 0 Å². The molecule has 2 heterocycles. The smallest absolute Gasteiger partial charge is 0.145 e. The minimum atomic E-state index is -0.232. The topological polar surface area (TPSA) is 29.3 Å². The van der Waals surface area contributed by atoms with Crippen molar-refractivity contribution in [2.45, 2.75) is 26.9 Å². The van der Waals surface area contributed by atoms with E-state index in [1.54, 1.807) is 0 Å². The second-order valence-electron chi connectivity index (χ2n) is 13.4. The highest BCUT2D eigenvalue weighted by atomic mass is 15.1. The molecule has 0 saturated heterocycles. The van der Waals surface area contributed by atoms with Gasteiger partial charge in [0.1, 0.15) is 6.17 Å². The average Bonchev–Trinajstić information content (AvgIpc) is 3.52. The van der Waals surface area contributed by atoms with Gasteiger partial charge in [-0.3, -0.25) is 4.99 Å². The van der Waals surface area contributed by atoms with E-state index in [1.165, 1.54) is 55.2 Å². The normalized spacial score (nSPS) is 14.6. The number of allylic oxidation sites excluding steroid dienone is 5. The molecule has 52 heavy (non-hydrogen) atoms. The summed E-state index contributed by atoms with van der Waals surface area (Å²) >= 11 is 0. The molecule has 7 aromatic rings. The molecule has 8 rings (SSSR count). The maximum absolute atomic E-state index is 5.23. The number of hydrogen-bond acceptors (Lipinski definition) is 2. The van der Waals surface area contributed by atoms with Crippen molar-refractivity contribution in [3.8, 4) is 27.9 Å². The molecule has 1 N–H and O–H groups in total. The van der Waals surface area contributed by atoms with Crippen LogP contribution in [0.2, 0.25) is 0 Å². The fourth-order valence-corrected chi connectivity index (χ4v) is 7.39. The van der Waals surface area contributed by atoms with Gasteiger partial charge in [-0.25, -0.2) is 0 Å². The van der Waals surface area contributed by atoms with E-state index in [2.05, 4.69) is 170 Å². The van der Waals surface area contributed by atoms with Gasteiger partial charge in [-0.2, -0.15) is 0 Å². The van der Waals surface area contributed by atoms with Crippen LogP contribution in [0.1, 0.15) is 35.3 Å². The Morgan fingerprint density at radius 2 is 1.40 bits per heavy atom. The van der Waals surface area contributed by atoms with Crippen LogP contribution in [0.4, 0.5) is 0 Å². The highest BCUT2D eigenvalue weighted by Crippen LogP contribution is 2.40. The summed E-state index contributed by atoms with van der Waals surface area (Å²) in [7, 11) is 0. The highest BCUT2D eigenvalue weighted by molar-refractivity contribution is 6.12. The number of rotatable bonds is 8. The molecule has 1 aliphatic rings. The van der Waals surface area contributed by atoms with Gasteiger partial charge in [-0.05, 0) is 102 Å². The van der Waals surface area contributed by atoms with Gasteiger partial charge >= 0.3 is 0 Å². The molecule has 1 aliphatic heterocycles. The Kier molecular flexibility index (Phi) is 8.84. The monoisotopic (exact) mass is 671 g/mol. The Bertz CT molecular complexity index is 2590. The lowest BCUT2D eigenvalue weighted by molar-refractivity contribution is 0.627. The van der Waals surface area contributed by atoms with Crippen LogP contribution in [0, 0.1) is 13.8 Å². The summed E-state index contributed by atoms with van der Waals surface area (Å²) < 4.78 is 2.39. The first-order chi connectivity index (χ1) is 25.5. The third-order valence-corrected chi connectivity index (χ3v) is 9.97. The summed E-state index contributed by atoms with van der Waals surface area (Å²) in [5.74, 6) is 0. The molecule has 3 nitrogen and oxygen atoms in total. The van der Waals surface area contributed by atoms with Gasteiger partial charge in [-0.1, -0.05) is 140 Å². The largest absolute Gasteiger partial charge is 0.360 e. The molecule has 6 aromatic carbocycles. The summed E-state index contributed by atoms with van der Waals surface area (Å²) in [6.45, 7) is 10.8. The van der Waals surface area contributed by atoms with E-state index in [0.29, 0.717) is 0 Å². The van der Waals surface area contributed by atoms with Gasteiger partial charge in [0.2, 0.25) is 0 Å². The third kappa shape index (κ3) is 6.12. The zero-order valence-electron chi connectivity index (χ0n) is 29.8. The summed E-state index contributed by atoms with van der Waals surface area (Å²) in [6, 6.07) is 50.1. The summed E-state index contributed by atoms with van der Waals surface area (Å²) in [6.07, 6.45) is 9.97. The summed E-state index contributed by atoms with van der Waals surface area (Å²) in [4.78, 5) is 5.23. The van der Waals surface area contributed by atoms with Crippen LogP contribution < -0.4 is 5.32 Å². The number of fused-ring (bicyclic) bond motifs is 3. The number of aromatic nitrogens is 1. The number of hydrogen-bond donors (Lipinski definition) is 1. The Morgan fingerprint density at radius 1 is 0.673 bits per heavy atom. The molecular formula is C49H41N3. The number of aryl methyl sites for hydroxylation is 2. The van der Waals surface area contributed by atoms with Crippen molar-refractivity contribution in [1.29, 1.82) is 0 Å². The predicted molar refractivity (Wildman–Crippen MR) is 221 cm³/mol. The Labute approximate surface area is 306 Å². The standard InChI is InChI=1S/C49H41N3/c1-5-6-8-18-34(3)44-32-45(51-49(50-44)36-20-9-7-10-21-36)38-22-16-23-39(30-38)52-46-27-14-13-25-42(46)43-31-37(28-29-47(43)52)41-26-15-19-35(4)48(41)40-24-12-11-17-33(40)2/h5-32,49-50H,3H2,1-2,4H3/b6-5-,18-8-. The van der Waals surface area contributed by atoms with Crippen LogP contribution in [-0.4, -0.2) is 10.3 Å². The molecular weight excluding hydrogens is 631 g/mol. The minimum absolute atomic E-state index is 0.232. The molecule has 1 atom stereocenters. The van der Waals surface area contributed by atoms with Crippen molar-refractivity contribution in [2.75, 3.05) is 0 Å². The molecule has 0 spiro atoms. The lowest BCUT2D eigenvalue weighted by atomic mass is 9.88. The van der Waals surface area contributed by atoms with Crippen LogP contribution in [0.15, 0.2) is 193 Å². The molecule has 0 radical (unpaired) electrons. The van der Waals surface area contributed by atoms with Crippen molar-refractivity contribution in [1.82, 2.24) is 9.88 Å². The van der Waals surface area contributed by atoms with Crippen molar-refractivity contribution < 1.29 is 0 Å². The molecule has 252 valence electrons. The maximum Gasteiger partial charge on any atom is 0.145 e. The van der Waals surface area contributed by atoms with E-state index in [0.717, 1.165) is 33.8 Å². The third-order valence-electron chi connectivity index (χ3n) is 9.97. The van der Waals surface area contributed by atoms with Crippen LogP contribution in [-0.2, 0) is 0 Å². The van der Waals surface area contributed by atoms with Crippen molar-refractivity contribution >= 4 is 27.5 Å². The SMILES string of the molecule is C=C(/C=C\C=C/C)C1=CC(c2cccc(-n3c4ccccc4c4cc(-c5cccc(C)c5-c5ccccc5C)ccc43)c2)=NC(c2ccccc2)N1. The fraction of sp³-hybridized carbons (Fsp3) is 0.0816. The molecule has 3 heteroatoms. The zero-order chi connectivity index (χ0) is 35.6.